The van der Waals surface area contributed by atoms with Gasteiger partial charge in [0.2, 0.25) is 11.8 Å². The van der Waals surface area contributed by atoms with Crippen molar-refractivity contribution >= 4 is 35.0 Å². The molecule has 0 aliphatic carbocycles. The first-order valence-electron chi connectivity index (χ1n) is 18.1. The summed E-state index contributed by atoms with van der Waals surface area (Å²) < 4.78 is 9.44. The monoisotopic (exact) mass is 722 g/mol. The van der Waals surface area contributed by atoms with Crippen LogP contribution in [-0.2, 0) is 19.1 Å². The van der Waals surface area contributed by atoms with E-state index >= 15 is 0 Å². The molecule has 14 nitrogen and oxygen atoms in total. The average Bonchev–Trinajstić information content (AvgIpc) is 4.00. The highest BCUT2D eigenvalue weighted by atomic mass is 16.5. The number of methoxy groups -OCH3 is 2. The molecule has 4 heterocycles. The SMILES string of the molecule is CC[C@@H](NC(=O)OC)C(=O)N1CCC[C@H]1c1nc2ccc(C#Cc3ccc(-c4cnc([C@@H]5CCCN5C(=O)[C@H](NC(=O)OC)C(C)C)[nH]4)cc3)cc2[nH]1. The summed E-state index contributed by atoms with van der Waals surface area (Å²) in [5.74, 6) is 7.51. The van der Waals surface area contributed by atoms with E-state index in [1.165, 1.54) is 14.2 Å². The number of carbonyl (C=O) groups excluding carboxylic acids is 4. The van der Waals surface area contributed by atoms with Crippen LogP contribution in [0.15, 0.2) is 48.7 Å². The first-order valence-corrected chi connectivity index (χ1v) is 18.1. The molecule has 2 aromatic heterocycles. The van der Waals surface area contributed by atoms with Crippen LogP contribution in [0.25, 0.3) is 22.3 Å². The molecule has 0 bridgehead atoms. The largest absolute Gasteiger partial charge is 0.453 e. The molecule has 53 heavy (non-hydrogen) atoms. The quantitative estimate of drug-likeness (QED) is 0.171. The number of H-pyrrole nitrogens is 2. The summed E-state index contributed by atoms with van der Waals surface area (Å²) in [6, 6.07) is 11.9. The lowest BCUT2D eigenvalue weighted by molar-refractivity contribution is -0.135. The van der Waals surface area contributed by atoms with Gasteiger partial charge in [-0.25, -0.2) is 19.6 Å². The van der Waals surface area contributed by atoms with Gasteiger partial charge in [-0.2, -0.15) is 0 Å². The Morgan fingerprint density at radius 3 is 2.13 bits per heavy atom. The van der Waals surface area contributed by atoms with Crippen molar-refractivity contribution in [1.29, 1.82) is 0 Å². The van der Waals surface area contributed by atoms with Crippen LogP contribution >= 0.6 is 0 Å². The van der Waals surface area contributed by atoms with E-state index in [1.54, 1.807) is 16.0 Å². The smallest absolute Gasteiger partial charge is 0.407 e. The summed E-state index contributed by atoms with van der Waals surface area (Å²) in [6.07, 6.45) is 4.20. The number of nitrogens with zero attached hydrogens (tertiary/aromatic N) is 4. The lowest BCUT2D eigenvalue weighted by Crippen LogP contribution is -2.51. The van der Waals surface area contributed by atoms with Crippen molar-refractivity contribution in [2.45, 2.75) is 77.0 Å². The number of fused-ring (bicyclic) bond motifs is 1. The molecule has 2 aliphatic rings. The van der Waals surface area contributed by atoms with E-state index in [2.05, 4.69) is 37.4 Å². The summed E-state index contributed by atoms with van der Waals surface area (Å²) in [5, 5.41) is 5.32. The van der Waals surface area contributed by atoms with E-state index in [0.717, 1.165) is 59.1 Å². The average molecular weight is 723 g/mol. The van der Waals surface area contributed by atoms with Gasteiger partial charge in [-0.1, -0.05) is 44.7 Å². The lowest BCUT2D eigenvalue weighted by atomic mass is 10.0. The van der Waals surface area contributed by atoms with Crippen LogP contribution in [-0.4, -0.2) is 93.1 Å². The fraction of sp³-hybridized carbons (Fsp3) is 0.436. The van der Waals surface area contributed by atoms with E-state index < -0.39 is 24.3 Å². The minimum absolute atomic E-state index is 0.108. The molecule has 0 radical (unpaired) electrons. The Morgan fingerprint density at radius 1 is 0.849 bits per heavy atom. The van der Waals surface area contributed by atoms with Crippen LogP contribution in [0, 0.1) is 17.8 Å². The fourth-order valence-corrected chi connectivity index (χ4v) is 7.04. The number of aromatic nitrogens is 4. The highest BCUT2D eigenvalue weighted by Gasteiger charge is 2.38. The van der Waals surface area contributed by atoms with E-state index in [9.17, 15) is 19.2 Å². The van der Waals surface area contributed by atoms with Crippen molar-refractivity contribution in [3.63, 3.8) is 0 Å². The summed E-state index contributed by atoms with van der Waals surface area (Å²) >= 11 is 0. The van der Waals surface area contributed by atoms with Gasteiger partial charge in [-0.05, 0) is 73.9 Å². The topological polar surface area (TPSA) is 175 Å². The maximum absolute atomic E-state index is 13.5. The Hall–Kier alpha value is -5.84. The number of amides is 4. The van der Waals surface area contributed by atoms with E-state index in [1.807, 2.05) is 63.2 Å². The van der Waals surface area contributed by atoms with Crippen molar-refractivity contribution in [3.05, 3.63) is 71.4 Å². The van der Waals surface area contributed by atoms with Crippen molar-refractivity contribution in [1.82, 2.24) is 40.4 Å². The van der Waals surface area contributed by atoms with Gasteiger partial charge >= 0.3 is 12.2 Å². The fourth-order valence-electron chi connectivity index (χ4n) is 7.04. The highest BCUT2D eigenvalue weighted by Crippen LogP contribution is 2.34. The summed E-state index contributed by atoms with van der Waals surface area (Å²) in [7, 11) is 2.56. The normalized spacial score (nSPS) is 18.0. The molecule has 0 saturated carbocycles. The van der Waals surface area contributed by atoms with Gasteiger partial charge in [0.25, 0.3) is 0 Å². The lowest BCUT2D eigenvalue weighted by Gasteiger charge is -2.30. The van der Waals surface area contributed by atoms with Crippen LogP contribution in [0.1, 0.15) is 87.7 Å². The Balaban J connectivity index is 1.12. The number of alkyl carbamates (subject to hydrolysis) is 2. The van der Waals surface area contributed by atoms with Crippen molar-refractivity contribution < 1.29 is 28.7 Å². The number of benzene rings is 2. The summed E-state index contributed by atoms with van der Waals surface area (Å²) in [5.41, 5.74) is 5.05. The number of imidazole rings is 2. The second-order valence-electron chi connectivity index (χ2n) is 13.7. The van der Waals surface area contributed by atoms with Crippen LogP contribution in [0.2, 0.25) is 0 Å². The van der Waals surface area contributed by atoms with Gasteiger partial charge in [0.1, 0.15) is 23.7 Å². The standard InChI is InChI=1S/C39H46N8O6/c1-6-27(44-38(50)52-4)36(48)46-19-8-10-32(46)35-41-28-18-15-25(21-29(28)42-35)12-11-24-13-16-26(17-14-24)30-22-40-34(43-30)31-9-7-20-47(31)37(49)33(23(2)3)45-39(51)53-5/h13-18,21-23,27,31-33H,6-10,19-20H2,1-5H3,(H,40,43)(H,41,42)(H,44,50)(H,45,51)/t27-,31+,32+,33-/m1/s1. The molecule has 4 N–H and O–H groups in total. The number of nitrogens with one attached hydrogen (secondary N) is 4. The van der Waals surface area contributed by atoms with E-state index in [-0.39, 0.29) is 29.8 Å². The molecule has 4 amide bonds. The molecule has 2 aliphatic heterocycles. The molecule has 0 unspecified atom stereocenters. The zero-order valence-corrected chi connectivity index (χ0v) is 30.7. The highest BCUT2D eigenvalue weighted by molar-refractivity contribution is 5.87. The summed E-state index contributed by atoms with van der Waals surface area (Å²) in [4.78, 5) is 70.4. The van der Waals surface area contributed by atoms with E-state index in [4.69, 9.17) is 14.5 Å². The van der Waals surface area contributed by atoms with Crippen molar-refractivity contribution in [2.75, 3.05) is 27.3 Å². The second-order valence-corrected chi connectivity index (χ2v) is 13.7. The molecule has 278 valence electrons. The molecular formula is C39H46N8O6. The number of ether oxygens (including phenoxy) is 2. The van der Waals surface area contributed by atoms with Gasteiger partial charge in [-0.3, -0.25) is 9.59 Å². The van der Waals surface area contributed by atoms with Crippen molar-refractivity contribution in [2.24, 2.45) is 5.92 Å². The van der Waals surface area contributed by atoms with Gasteiger partial charge in [0, 0.05) is 24.2 Å². The molecule has 0 spiro atoms. The maximum Gasteiger partial charge on any atom is 0.407 e. The Kier molecular flexibility index (Phi) is 11.3. The number of rotatable bonds is 9. The zero-order valence-electron chi connectivity index (χ0n) is 30.7. The maximum atomic E-state index is 13.5. The predicted octanol–water partition coefficient (Wildman–Crippen LogP) is 5.20. The number of hydrogen-bond acceptors (Lipinski definition) is 8. The van der Waals surface area contributed by atoms with Gasteiger partial charge in [0.15, 0.2) is 0 Å². The van der Waals surface area contributed by atoms with E-state index in [0.29, 0.717) is 31.2 Å². The summed E-state index contributed by atoms with van der Waals surface area (Å²) in [6.45, 7) is 6.82. The van der Waals surface area contributed by atoms with Crippen LogP contribution < -0.4 is 10.6 Å². The Morgan fingerprint density at radius 2 is 1.47 bits per heavy atom. The number of hydrogen-bond donors (Lipinski definition) is 4. The Labute approximate surface area is 308 Å². The zero-order chi connectivity index (χ0) is 37.6. The second kappa shape index (κ2) is 16.2. The van der Waals surface area contributed by atoms with Crippen LogP contribution in [0.4, 0.5) is 9.59 Å². The number of likely N-dealkylation sites (tertiary alicyclic amines) is 2. The molecule has 14 heteroatoms. The van der Waals surface area contributed by atoms with Crippen molar-refractivity contribution in [3.8, 4) is 23.1 Å². The third-order valence-corrected chi connectivity index (χ3v) is 9.92. The molecule has 4 aromatic rings. The third kappa shape index (κ3) is 8.14. The Bertz CT molecular complexity index is 2030. The third-order valence-electron chi connectivity index (χ3n) is 9.92. The molecule has 6 rings (SSSR count). The number of aromatic amines is 2. The molecule has 2 saturated heterocycles. The van der Waals surface area contributed by atoms with Gasteiger partial charge in [-0.15, -0.1) is 0 Å². The van der Waals surface area contributed by atoms with Gasteiger partial charge < -0.3 is 39.9 Å². The number of carbonyl (C=O) groups is 4. The van der Waals surface area contributed by atoms with Gasteiger partial charge in [0.05, 0.1) is 49.2 Å². The van der Waals surface area contributed by atoms with Crippen LogP contribution in [0.3, 0.4) is 0 Å². The minimum atomic E-state index is -0.692. The molecular weight excluding hydrogens is 676 g/mol. The first-order chi connectivity index (χ1) is 25.6. The van der Waals surface area contributed by atoms with Crippen LogP contribution in [0.5, 0.6) is 0 Å². The minimum Gasteiger partial charge on any atom is -0.453 e. The molecule has 4 atom stereocenters. The molecule has 2 aromatic carbocycles. The molecule has 2 fully saturated rings. The first kappa shape index (κ1) is 36.9. The predicted molar refractivity (Wildman–Crippen MR) is 197 cm³/mol.